The number of benzene rings is 2. The van der Waals surface area contributed by atoms with Crippen LogP contribution in [0.4, 0.5) is 14.5 Å². The Hall–Kier alpha value is -3.29. The molecule has 0 aromatic heterocycles. The highest BCUT2D eigenvalue weighted by Crippen LogP contribution is 2.33. The van der Waals surface area contributed by atoms with Gasteiger partial charge >= 0.3 is 6.61 Å². The van der Waals surface area contributed by atoms with Crippen LogP contribution in [0.5, 0.6) is 17.2 Å². The molecule has 1 aliphatic heterocycles. The van der Waals surface area contributed by atoms with Crippen LogP contribution in [0.25, 0.3) is 6.08 Å². The molecule has 160 valence electrons. The highest BCUT2D eigenvalue weighted by Gasteiger charge is 2.22. The first kappa shape index (κ1) is 21.4. The van der Waals surface area contributed by atoms with Crippen molar-refractivity contribution >= 4 is 17.7 Å². The number of para-hydroxylation sites is 3. The van der Waals surface area contributed by atoms with Crippen LogP contribution in [-0.2, 0) is 4.79 Å². The van der Waals surface area contributed by atoms with E-state index in [1.54, 1.807) is 24.1 Å². The molecule has 1 amide bonds. The zero-order valence-electron chi connectivity index (χ0n) is 16.9. The summed E-state index contributed by atoms with van der Waals surface area (Å²) in [5, 5.41) is 0. The van der Waals surface area contributed by atoms with E-state index in [4.69, 9.17) is 9.47 Å². The normalized spacial score (nSPS) is 14.3. The van der Waals surface area contributed by atoms with Crippen LogP contribution in [0, 0.1) is 0 Å². The van der Waals surface area contributed by atoms with Crippen molar-refractivity contribution in [3.8, 4) is 17.2 Å². The van der Waals surface area contributed by atoms with Crippen LogP contribution < -0.4 is 19.1 Å². The van der Waals surface area contributed by atoms with Crippen molar-refractivity contribution in [1.29, 1.82) is 0 Å². The number of hydrogen-bond acceptors (Lipinski definition) is 5. The maximum Gasteiger partial charge on any atom is 0.387 e. The Bertz CT molecular complexity index is 896. The first-order chi connectivity index (χ1) is 14.5. The third-order valence-corrected chi connectivity index (χ3v) is 4.86. The van der Waals surface area contributed by atoms with Crippen molar-refractivity contribution in [3.05, 3.63) is 54.1 Å². The van der Waals surface area contributed by atoms with E-state index >= 15 is 0 Å². The fourth-order valence-electron chi connectivity index (χ4n) is 3.37. The van der Waals surface area contributed by atoms with Crippen molar-refractivity contribution in [2.24, 2.45) is 0 Å². The first-order valence-electron chi connectivity index (χ1n) is 9.50. The van der Waals surface area contributed by atoms with Gasteiger partial charge in [-0.25, -0.2) is 0 Å². The van der Waals surface area contributed by atoms with Crippen molar-refractivity contribution in [3.63, 3.8) is 0 Å². The van der Waals surface area contributed by atoms with Gasteiger partial charge < -0.3 is 24.0 Å². The van der Waals surface area contributed by atoms with E-state index in [9.17, 15) is 13.6 Å². The van der Waals surface area contributed by atoms with Gasteiger partial charge in [0.25, 0.3) is 0 Å². The highest BCUT2D eigenvalue weighted by molar-refractivity contribution is 5.92. The van der Waals surface area contributed by atoms with Crippen LogP contribution >= 0.6 is 0 Å². The lowest BCUT2D eigenvalue weighted by Crippen LogP contribution is -2.48. The lowest BCUT2D eigenvalue weighted by atomic mass is 10.1. The standard InChI is InChI=1S/C22H24F2N2O4/c1-28-18-8-4-3-7-17(18)25-12-14-26(15-13-25)20(27)11-10-16-6-5-9-19(29-2)21(16)30-22(23)24/h3-11,22H,12-15H2,1-2H3/b11-10+. The number of ether oxygens (including phenoxy) is 3. The molecule has 30 heavy (non-hydrogen) atoms. The number of amides is 1. The van der Waals surface area contributed by atoms with Crippen molar-refractivity contribution in [2.45, 2.75) is 6.61 Å². The van der Waals surface area contributed by atoms with Crippen molar-refractivity contribution in [2.75, 3.05) is 45.3 Å². The molecule has 2 aromatic rings. The molecule has 1 saturated heterocycles. The van der Waals surface area contributed by atoms with Gasteiger partial charge in [0.15, 0.2) is 11.5 Å². The summed E-state index contributed by atoms with van der Waals surface area (Å²) in [7, 11) is 3.00. The summed E-state index contributed by atoms with van der Waals surface area (Å²) in [4.78, 5) is 16.5. The zero-order chi connectivity index (χ0) is 21.5. The summed E-state index contributed by atoms with van der Waals surface area (Å²) in [5.41, 5.74) is 1.34. The number of alkyl halides is 2. The second kappa shape index (κ2) is 9.96. The molecular formula is C22H24F2N2O4. The fourth-order valence-corrected chi connectivity index (χ4v) is 3.37. The number of hydrogen-bond donors (Lipinski definition) is 0. The molecule has 0 N–H and O–H groups in total. The van der Waals surface area contributed by atoms with Crippen molar-refractivity contribution < 1.29 is 27.8 Å². The van der Waals surface area contributed by atoms with Gasteiger partial charge in [0.05, 0.1) is 19.9 Å². The number of rotatable bonds is 7. The van der Waals surface area contributed by atoms with Gasteiger partial charge in [-0.3, -0.25) is 4.79 Å². The van der Waals surface area contributed by atoms with Crippen LogP contribution in [0.3, 0.4) is 0 Å². The monoisotopic (exact) mass is 418 g/mol. The van der Waals surface area contributed by atoms with E-state index in [0.29, 0.717) is 31.7 Å². The molecule has 0 spiro atoms. The number of methoxy groups -OCH3 is 2. The lowest BCUT2D eigenvalue weighted by Gasteiger charge is -2.36. The van der Waals surface area contributed by atoms with Gasteiger partial charge in [0, 0.05) is 37.8 Å². The van der Waals surface area contributed by atoms with E-state index in [2.05, 4.69) is 9.64 Å². The van der Waals surface area contributed by atoms with Gasteiger partial charge in [-0.05, 0) is 24.3 Å². The van der Waals surface area contributed by atoms with Crippen LogP contribution in [0.15, 0.2) is 48.5 Å². The van der Waals surface area contributed by atoms with Crippen LogP contribution in [0.1, 0.15) is 5.56 Å². The Balaban J connectivity index is 1.66. The van der Waals surface area contributed by atoms with E-state index in [0.717, 1.165) is 11.4 Å². The Kier molecular flexibility index (Phi) is 7.11. The molecule has 1 heterocycles. The summed E-state index contributed by atoms with van der Waals surface area (Å²) in [5.74, 6) is 0.678. The van der Waals surface area contributed by atoms with Crippen LogP contribution in [-0.4, -0.2) is 57.8 Å². The van der Waals surface area contributed by atoms with E-state index in [1.165, 1.54) is 25.3 Å². The lowest BCUT2D eigenvalue weighted by molar-refractivity contribution is -0.126. The molecule has 0 bridgehead atoms. The molecule has 6 nitrogen and oxygen atoms in total. The molecule has 0 radical (unpaired) electrons. The van der Waals surface area contributed by atoms with Gasteiger partial charge in [-0.2, -0.15) is 8.78 Å². The Morgan fingerprint density at radius 2 is 1.63 bits per heavy atom. The predicted molar refractivity (Wildman–Crippen MR) is 110 cm³/mol. The molecule has 0 aliphatic carbocycles. The average Bonchev–Trinajstić information content (AvgIpc) is 2.77. The molecule has 3 rings (SSSR count). The number of carbonyl (C=O) groups excluding carboxylic acids is 1. The SMILES string of the molecule is COc1ccccc1N1CCN(C(=O)/C=C/c2cccc(OC)c2OC(F)F)CC1. The molecule has 1 fully saturated rings. The molecule has 1 aliphatic rings. The number of nitrogens with zero attached hydrogens (tertiary/aromatic N) is 2. The molecule has 0 atom stereocenters. The summed E-state index contributed by atoms with van der Waals surface area (Å²) >= 11 is 0. The first-order valence-corrected chi connectivity index (χ1v) is 9.50. The second-order valence-electron chi connectivity index (χ2n) is 6.57. The topological polar surface area (TPSA) is 51.2 Å². The van der Waals surface area contributed by atoms with Gasteiger partial charge in [-0.15, -0.1) is 0 Å². The predicted octanol–water partition coefficient (Wildman–Crippen LogP) is 3.67. The number of halogens is 2. The highest BCUT2D eigenvalue weighted by atomic mass is 19.3. The molecular weight excluding hydrogens is 394 g/mol. The Labute approximate surface area is 174 Å². The third-order valence-electron chi connectivity index (χ3n) is 4.86. The van der Waals surface area contributed by atoms with E-state index in [1.807, 2.05) is 24.3 Å². The quantitative estimate of drug-likeness (QED) is 0.643. The summed E-state index contributed by atoms with van der Waals surface area (Å²) < 4.78 is 40.6. The maximum absolute atomic E-state index is 12.7. The minimum Gasteiger partial charge on any atom is -0.495 e. The average molecular weight is 418 g/mol. The maximum atomic E-state index is 12.7. The molecule has 0 unspecified atom stereocenters. The Morgan fingerprint density at radius 1 is 0.967 bits per heavy atom. The number of anilines is 1. The number of carbonyl (C=O) groups is 1. The van der Waals surface area contributed by atoms with Crippen molar-refractivity contribution in [1.82, 2.24) is 4.90 Å². The molecule has 0 saturated carbocycles. The largest absolute Gasteiger partial charge is 0.495 e. The van der Waals surface area contributed by atoms with E-state index < -0.39 is 6.61 Å². The molecule has 2 aromatic carbocycles. The zero-order valence-corrected chi connectivity index (χ0v) is 16.9. The van der Waals surface area contributed by atoms with Gasteiger partial charge in [-0.1, -0.05) is 24.3 Å². The minimum absolute atomic E-state index is 0.0972. The summed E-state index contributed by atoms with van der Waals surface area (Å²) in [6.07, 6.45) is 2.83. The fraction of sp³-hybridized carbons (Fsp3) is 0.318. The third kappa shape index (κ3) is 5.00. The minimum atomic E-state index is -2.99. The smallest absolute Gasteiger partial charge is 0.387 e. The number of piperazine rings is 1. The molecule has 8 heteroatoms. The van der Waals surface area contributed by atoms with E-state index in [-0.39, 0.29) is 17.4 Å². The summed E-state index contributed by atoms with van der Waals surface area (Å²) in [6.45, 7) is -0.579. The van der Waals surface area contributed by atoms with Gasteiger partial charge in [0.2, 0.25) is 5.91 Å². The summed E-state index contributed by atoms with van der Waals surface area (Å²) in [6, 6.07) is 12.5. The second-order valence-corrected chi connectivity index (χ2v) is 6.57. The van der Waals surface area contributed by atoms with Crippen LogP contribution in [0.2, 0.25) is 0 Å². The Morgan fingerprint density at radius 3 is 2.30 bits per heavy atom. The van der Waals surface area contributed by atoms with Gasteiger partial charge in [0.1, 0.15) is 5.75 Å².